The molecule has 2 nitrogen and oxygen atoms in total. The van der Waals surface area contributed by atoms with Gasteiger partial charge >= 0.3 is 0 Å². The third-order valence-corrected chi connectivity index (χ3v) is 3.13. The van der Waals surface area contributed by atoms with E-state index in [4.69, 9.17) is 0 Å². The number of hydrogen-bond donors (Lipinski definition) is 1. The van der Waals surface area contributed by atoms with Crippen molar-refractivity contribution in [3.05, 3.63) is 29.8 Å². The third-order valence-electron chi connectivity index (χ3n) is 3.13. The molecule has 1 aromatic carbocycles. The number of aryl methyl sites for hydroxylation is 1. The smallest absolute Gasteiger partial charge is 0.0371 e. The van der Waals surface area contributed by atoms with Gasteiger partial charge in [0.25, 0.3) is 0 Å². The summed E-state index contributed by atoms with van der Waals surface area (Å²) in [5.74, 6) is 0. The van der Waals surface area contributed by atoms with Crippen molar-refractivity contribution in [1.29, 1.82) is 0 Å². The first-order valence-corrected chi connectivity index (χ1v) is 5.81. The molecule has 0 amide bonds. The summed E-state index contributed by atoms with van der Waals surface area (Å²) < 4.78 is 0. The van der Waals surface area contributed by atoms with E-state index in [1.54, 1.807) is 0 Å². The molecule has 1 fully saturated rings. The number of nitrogens with zero attached hydrogens (tertiary/aromatic N) is 1. The molecular formula is C13H20N2. The van der Waals surface area contributed by atoms with Crippen LogP contribution in [0.5, 0.6) is 0 Å². The highest BCUT2D eigenvalue weighted by Crippen LogP contribution is 2.20. The zero-order valence-electron chi connectivity index (χ0n) is 9.66. The van der Waals surface area contributed by atoms with E-state index < -0.39 is 0 Å². The Labute approximate surface area is 92.3 Å². The molecule has 2 rings (SSSR count). The SMILES string of the molecule is Cc1cccc(N2CCNCCC2C)c1. The second-order valence-electron chi connectivity index (χ2n) is 4.42. The van der Waals surface area contributed by atoms with Crippen LogP contribution in [-0.2, 0) is 0 Å². The molecule has 2 heteroatoms. The Hall–Kier alpha value is -1.02. The van der Waals surface area contributed by atoms with E-state index in [-0.39, 0.29) is 0 Å². The van der Waals surface area contributed by atoms with E-state index in [0.29, 0.717) is 6.04 Å². The first-order chi connectivity index (χ1) is 7.27. The van der Waals surface area contributed by atoms with Crippen LogP contribution in [0, 0.1) is 6.92 Å². The van der Waals surface area contributed by atoms with Crippen LogP contribution in [0.1, 0.15) is 18.9 Å². The minimum absolute atomic E-state index is 0.641. The van der Waals surface area contributed by atoms with Crippen molar-refractivity contribution in [2.45, 2.75) is 26.3 Å². The number of anilines is 1. The first-order valence-electron chi connectivity index (χ1n) is 5.81. The molecular weight excluding hydrogens is 184 g/mol. The molecule has 1 atom stereocenters. The van der Waals surface area contributed by atoms with Gasteiger partial charge in [0, 0.05) is 24.8 Å². The molecule has 0 saturated carbocycles. The predicted molar refractivity (Wildman–Crippen MR) is 65.5 cm³/mol. The van der Waals surface area contributed by atoms with E-state index in [0.717, 1.165) is 19.6 Å². The van der Waals surface area contributed by atoms with Crippen LogP contribution in [0.4, 0.5) is 5.69 Å². The highest BCUT2D eigenvalue weighted by atomic mass is 15.2. The fourth-order valence-corrected chi connectivity index (χ4v) is 2.20. The Balaban J connectivity index is 2.20. The van der Waals surface area contributed by atoms with Crippen LogP contribution in [0.3, 0.4) is 0 Å². The standard InChI is InChI=1S/C13H20N2/c1-11-4-3-5-13(10-11)15-9-8-14-7-6-12(15)2/h3-5,10,12,14H,6-9H2,1-2H3. The second kappa shape index (κ2) is 4.67. The summed E-state index contributed by atoms with van der Waals surface area (Å²) in [5, 5.41) is 3.45. The van der Waals surface area contributed by atoms with Crippen LogP contribution < -0.4 is 10.2 Å². The summed E-state index contributed by atoms with van der Waals surface area (Å²) in [5.41, 5.74) is 2.71. The molecule has 0 bridgehead atoms. The Kier molecular flexibility index (Phi) is 3.27. The Morgan fingerprint density at radius 2 is 2.20 bits per heavy atom. The summed E-state index contributed by atoms with van der Waals surface area (Å²) in [4.78, 5) is 2.51. The number of benzene rings is 1. The average molecular weight is 204 g/mol. The molecule has 15 heavy (non-hydrogen) atoms. The highest BCUT2D eigenvalue weighted by Gasteiger charge is 2.16. The molecule has 0 aromatic heterocycles. The number of nitrogens with one attached hydrogen (secondary N) is 1. The van der Waals surface area contributed by atoms with Crippen molar-refractivity contribution < 1.29 is 0 Å². The van der Waals surface area contributed by atoms with Crippen LogP contribution in [0.25, 0.3) is 0 Å². The molecule has 1 saturated heterocycles. The first kappa shape index (κ1) is 10.5. The van der Waals surface area contributed by atoms with E-state index in [9.17, 15) is 0 Å². The molecule has 0 spiro atoms. The summed E-state index contributed by atoms with van der Waals surface area (Å²) in [6.45, 7) is 7.83. The Morgan fingerprint density at radius 3 is 3.00 bits per heavy atom. The van der Waals surface area contributed by atoms with Crippen molar-refractivity contribution in [3.8, 4) is 0 Å². The quantitative estimate of drug-likeness (QED) is 0.754. The molecule has 0 radical (unpaired) electrons. The predicted octanol–water partition coefficient (Wildman–Crippen LogP) is 2.18. The van der Waals surface area contributed by atoms with Crippen molar-refractivity contribution >= 4 is 5.69 Å². The van der Waals surface area contributed by atoms with Crippen molar-refractivity contribution in [3.63, 3.8) is 0 Å². The minimum Gasteiger partial charge on any atom is -0.367 e. The number of rotatable bonds is 1. The molecule has 1 unspecified atom stereocenters. The Bertz CT molecular complexity index is 322. The maximum Gasteiger partial charge on any atom is 0.0371 e. The summed E-state index contributed by atoms with van der Waals surface area (Å²) in [6, 6.07) is 9.44. The zero-order chi connectivity index (χ0) is 10.7. The lowest BCUT2D eigenvalue weighted by molar-refractivity contribution is 0.631. The van der Waals surface area contributed by atoms with Gasteiger partial charge in [0.2, 0.25) is 0 Å². The third kappa shape index (κ3) is 2.51. The zero-order valence-corrected chi connectivity index (χ0v) is 9.66. The van der Waals surface area contributed by atoms with Gasteiger partial charge in [-0.15, -0.1) is 0 Å². The van der Waals surface area contributed by atoms with Gasteiger partial charge in [-0.3, -0.25) is 0 Å². The van der Waals surface area contributed by atoms with Crippen molar-refractivity contribution in [1.82, 2.24) is 5.32 Å². The summed E-state index contributed by atoms with van der Waals surface area (Å²) >= 11 is 0. The van der Waals surface area contributed by atoms with E-state index >= 15 is 0 Å². The molecule has 1 aliphatic heterocycles. The van der Waals surface area contributed by atoms with E-state index in [1.807, 2.05) is 0 Å². The molecule has 82 valence electrons. The lowest BCUT2D eigenvalue weighted by Gasteiger charge is -2.29. The lowest BCUT2D eigenvalue weighted by Crippen LogP contribution is -2.34. The van der Waals surface area contributed by atoms with Crippen LogP contribution in [0.2, 0.25) is 0 Å². The molecule has 1 heterocycles. The van der Waals surface area contributed by atoms with E-state index in [2.05, 4.69) is 48.3 Å². The van der Waals surface area contributed by atoms with Crippen molar-refractivity contribution in [2.75, 3.05) is 24.5 Å². The number of hydrogen-bond acceptors (Lipinski definition) is 2. The van der Waals surface area contributed by atoms with Gasteiger partial charge in [0.15, 0.2) is 0 Å². The van der Waals surface area contributed by atoms with Gasteiger partial charge in [0.05, 0.1) is 0 Å². The van der Waals surface area contributed by atoms with Crippen LogP contribution >= 0.6 is 0 Å². The maximum atomic E-state index is 3.45. The lowest BCUT2D eigenvalue weighted by atomic mass is 10.1. The largest absolute Gasteiger partial charge is 0.367 e. The molecule has 1 N–H and O–H groups in total. The molecule has 0 aliphatic carbocycles. The van der Waals surface area contributed by atoms with Gasteiger partial charge in [-0.2, -0.15) is 0 Å². The summed E-state index contributed by atoms with van der Waals surface area (Å²) in [7, 11) is 0. The van der Waals surface area contributed by atoms with Crippen molar-refractivity contribution in [2.24, 2.45) is 0 Å². The van der Waals surface area contributed by atoms with E-state index in [1.165, 1.54) is 17.7 Å². The monoisotopic (exact) mass is 204 g/mol. The molecule has 1 aliphatic rings. The van der Waals surface area contributed by atoms with Gasteiger partial charge < -0.3 is 10.2 Å². The van der Waals surface area contributed by atoms with Gasteiger partial charge in [0.1, 0.15) is 0 Å². The minimum atomic E-state index is 0.641. The normalized spacial score (nSPS) is 22.5. The molecule has 1 aromatic rings. The fourth-order valence-electron chi connectivity index (χ4n) is 2.20. The van der Waals surface area contributed by atoms with Gasteiger partial charge in [-0.05, 0) is 44.5 Å². The van der Waals surface area contributed by atoms with Gasteiger partial charge in [-0.1, -0.05) is 12.1 Å². The highest BCUT2D eigenvalue weighted by molar-refractivity contribution is 5.49. The summed E-state index contributed by atoms with van der Waals surface area (Å²) in [6.07, 6.45) is 1.23. The second-order valence-corrected chi connectivity index (χ2v) is 4.42. The van der Waals surface area contributed by atoms with Gasteiger partial charge in [-0.25, -0.2) is 0 Å². The fraction of sp³-hybridized carbons (Fsp3) is 0.538. The average Bonchev–Trinajstić information content (AvgIpc) is 2.43. The Morgan fingerprint density at radius 1 is 1.33 bits per heavy atom. The maximum absolute atomic E-state index is 3.45. The van der Waals surface area contributed by atoms with Crippen LogP contribution in [-0.4, -0.2) is 25.7 Å². The van der Waals surface area contributed by atoms with Crippen LogP contribution in [0.15, 0.2) is 24.3 Å². The topological polar surface area (TPSA) is 15.3 Å².